The SMILES string of the molecule is O=C(CCc1ccncc1)NC(CO)c1ccc(F)cc1. The summed E-state index contributed by atoms with van der Waals surface area (Å²) < 4.78 is 12.9. The molecule has 4 nitrogen and oxygen atoms in total. The number of aliphatic hydroxyl groups excluding tert-OH is 1. The van der Waals surface area contributed by atoms with E-state index in [9.17, 15) is 14.3 Å². The van der Waals surface area contributed by atoms with Crippen LogP contribution < -0.4 is 5.32 Å². The standard InChI is InChI=1S/C16H17FN2O2/c17-14-4-2-13(3-5-14)15(11-20)19-16(21)6-1-12-7-9-18-10-8-12/h2-5,7-10,15,20H,1,6,11H2,(H,19,21). The van der Waals surface area contributed by atoms with E-state index in [2.05, 4.69) is 10.3 Å². The second-order valence-electron chi connectivity index (χ2n) is 4.71. The number of benzene rings is 1. The van der Waals surface area contributed by atoms with Crippen molar-refractivity contribution in [1.82, 2.24) is 10.3 Å². The molecule has 1 amide bonds. The van der Waals surface area contributed by atoms with Crippen LogP contribution in [0, 0.1) is 5.82 Å². The van der Waals surface area contributed by atoms with Gasteiger partial charge in [0.2, 0.25) is 5.91 Å². The predicted molar refractivity (Wildman–Crippen MR) is 76.9 cm³/mol. The molecule has 2 rings (SSSR count). The van der Waals surface area contributed by atoms with Gasteiger partial charge in [0.1, 0.15) is 5.82 Å². The molecule has 0 radical (unpaired) electrons. The third-order valence-corrected chi connectivity index (χ3v) is 3.18. The summed E-state index contributed by atoms with van der Waals surface area (Å²) in [5, 5.41) is 12.1. The average molecular weight is 288 g/mol. The van der Waals surface area contributed by atoms with Crippen LogP contribution in [-0.4, -0.2) is 22.6 Å². The summed E-state index contributed by atoms with van der Waals surface area (Å²) in [5.74, 6) is -0.505. The van der Waals surface area contributed by atoms with Gasteiger partial charge in [-0.25, -0.2) is 4.39 Å². The van der Waals surface area contributed by atoms with Crippen molar-refractivity contribution < 1.29 is 14.3 Å². The van der Waals surface area contributed by atoms with Gasteiger partial charge in [-0.1, -0.05) is 12.1 Å². The lowest BCUT2D eigenvalue weighted by atomic mass is 10.1. The Morgan fingerprint density at radius 3 is 2.48 bits per heavy atom. The number of halogens is 1. The monoisotopic (exact) mass is 288 g/mol. The van der Waals surface area contributed by atoms with E-state index < -0.39 is 6.04 Å². The molecule has 2 aromatic rings. The minimum absolute atomic E-state index is 0.157. The fraction of sp³-hybridized carbons (Fsp3) is 0.250. The van der Waals surface area contributed by atoms with Crippen molar-refractivity contribution in [1.29, 1.82) is 0 Å². The number of amides is 1. The van der Waals surface area contributed by atoms with E-state index in [1.807, 2.05) is 12.1 Å². The average Bonchev–Trinajstić information content (AvgIpc) is 2.52. The summed E-state index contributed by atoms with van der Waals surface area (Å²) in [7, 11) is 0. The van der Waals surface area contributed by atoms with Gasteiger partial charge in [-0.2, -0.15) is 0 Å². The molecule has 1 heterocycles. The first kappa shape index (κ1) is 15.1. The van der Waals surface area contributed by atoms with E-state index in [1.165, 1.54) is 12.1 Å². The van der Waals surface area contributed by atoms with Crippen LogP contribution in [0.4, 0.5) is 4.39 Å². The third kappa shape index (κ3) is 4.65. The lowest BCUT2D eigenvalue weighted by Crippen LogP contribution is -2.30. The van der Waals surface area contributed by atoms with E-state index in [0.29, 0.717) is 18.4 Å². The topological polar surface area (TPSA) is 62.2 Å². The molecule has 0 aliphatic heterocycles. The maximum Gasteiger partial charge on any atom is 0.220 e. The minimum Gasteiger partial charge on any atom is -0.394 e. The highest BCUT2D eigenvalue weighted by Gasteiger charge is 2.13. The number of hydrogen-bond donors (Lipinski definition) is 2. The summed E-state index contributed by atoms with van der Waals surface area (Å²) in [6.45, 7) is -0.230. The molecule has 0 aliphatic carbocycles. The van der Waals surface area contributed by atoms with Crippen molar-refractivity contribution in [3.63, 3.8) is 0 Å². The molecular weight excluding hydrogens is 271 g/mol. The van der Waals surface area contributed by atoms with Crippen LogP contribution in [0.1, 0.15) is 23.6 Å². The van der Waals surface area contributed by atoms with Gasteiger partial charge in [-0.05, 0) is 41.8 Å². The Morgan fingerprint density at radius 1 is 1.19 bits per heavy atom. The number of aromatic nitrogens is 1. The summed E-state index contributed by atoms with van der Waals surface area (Å²) in [5.41, 5.74) is 1.71. The van der Waals surface area contributed by atoms with Crippen molar-refractivity contribution >= 4 is 5.91 Å². The van der Waals surface area contributed by atoms with Gasteiger partial charge in [0.15, 0.2) is 0 Å². The van der Waals surface area contributed by atoms with Gasteiger partial charge in [-0.15, -0.1) is 0 Å². The number of nitrogens with zero attached hydrogens (tertiary/aromatic N) is 1. The van der Waals surface area contributed by atoms with Crippen molar-refractivity contribution in [2.75, 3.05) is 6.61 Å². The van der Waals surface area contributed by atoms with Crippen LogP contribution in [-0.2, 0) is 11.2 Å². The number of hydrogen-bond acceptors (Lipinski definition) is 3. The number of carbonyl (C=O) groups is 1. The zero-order chi connectivity index (χ0) is 15.1. The normalized spacial score (nSPS) is 11.9. The fourth-order valence-corrected chi connectivity index (χ4v) is 2.00. The highest BCUT2D eigenvalue weighted by molar-refractivity contribution is 5.76. The first-order valence-electron chi connectivity index (χ1n) is 6.73. The van der Waals surface area contributed by atoms with E-state index in [-0.39, 0.29) is 18.3 Å². The van der Waals surface area contributed by atoms with E-state index in [4.69, 9.17) is 0 Å². The van der Waals surface area contributed by atoms with Gasteiger partial charge in [0.25, 0.3) is 0 Å². The summed E-state index contributed by atoms with van der Waals surface area (Å²) >= 11 is 0. The Balaban J connectivity index is 1.89. The van der Waals surface area contributed by atoms with Crippen molar-refractivity contribution in [2.45, 2.75) is 18.9 Å². The third-order valence-electron chi connectivity index (χ3n) is 3.18. The summed E-state index contributed by atoms with van der Waals surface area (Å²) in [6.07, 6.45) is 4.29. The Kier molecular flexibility index (Phi) is 5.40. The molecule has 110 valence electrons. The van der Waals surface area contributed by atoms with Gasteiger partial charge >= 0.3 is 0 Å². The molecule has 2 N–H and O–H groups in total. The van der Waals surface area contributed by atoms with E-state index in [0.717, 1.165) is 5.56 Å². The molecule has 1 aromatic heterocycles. The molecule has 0 spiro atoms. The van der Waals surface area contributed by atoms with Crippen LogP contribution >= 0.6 is 0 Å². The molecule has 0 bridgehead atoms. The Bertz CT molecular complexity index is 573. The zero-order valence-electron chi connectivity index (χ0n) is 11.5. The lowest BCUT2D eigenvalue weighted by Gasteiger charge is -2.16. The van der Waals surface area contributed by atoms with Crippen molar-refractivity contribution in [2.24, 2.45) is 0 Å². The molecule has 0 saturated heterocycles. The Hall–Kier alpha value is -2.27. The number of aliphatic hydroxyl groups is 1. The molecule has 21 heavy (non-hydrogen) atoms. The van der Waals surface area contributed by atoms with Gasteiger partial charge in [0, 0.05) is 18.8 Å². The Labute approximate surface area is 122 Å². The summed E-state index contributed by atoms with van der Waals surface area (Å²) in [6, 6.07) is 8.92. The first-order valence-corrected chi connectivity index (χ1v) is 6.73. The molecule has 0 fully saturated rings. The van der Waals surface area contributed by atoms with E-state index in [1.54, 1.807) is 24.5 Å². The largest absolute Gasteiger partial charge is 0.394 e. The zero-order valence-corrected chi connectivity index (χ0v) is 11.5. The molecule has 1 unspecified atom stereocenters. The summed E-state index contributed by atoms with van der Waals surface area (Å²) in [4.78, 5) is 15.8. The smallest absolute Gasteiger partial charge is 0.220 e. The van der Waals surface area contributed by atoms with Crippen molar-refractivity contribution in [3.05, 3.63) is 65.7 Å². The molecule has 1 atom stereocenters. The molecular formula is C16H17FN2O2. The van der Waals surface area contributed by atoms with Crippen LogP contribution in [0.15, 0.2) is 48.8 Å². The van der Waals surface area contributed by atoms with Gasteiger partial charge in [-0.3, -0.25) is 9.78 Å². The molecule has 0 saturated carbocycles. The number of carbonyl (C=O) groups excluding carboxylic acids is 1. The highest BCUT2D eigenvalue weighted by Crippen LogP contribution is 2.13. The van der Waals surface area contributed by atoms with Crippen LogP contribution in [0.5, 0.6) is 0 Å². The van der Waals surface area contributed by atoms with Crippen LogP contribution in [0.3, 0.4) is 0 Å². The minimum atomic E-state index is -0.518. The van der Waals surface area contributed by atoms with Gasteiger partial charge in [0.05, 0.1) is 12.6 Å². The lowest BCUT2D eigenvalue weighted by molar-refractivity contribution is -0.122. The number of nitrogens with one attached hydrogen (secondary N) is 1. The molecule has 0 aliphatic rings. The second kappa shape index (κ2) is 7.50. The fourth-order valence-electron chi connectivity index (χ4n) is 2.00. The van der Waals surface area contributed by atoms with Gasteiger partial charge < -0.3 is 10.4 Å². The number of aryl methyl sites for hydroxylation is 1. The van der Waals surface area contributed by atoms with Crippen LogP contribution in [0.25, 0.3) is 0 Å². The van der Waals surface area contributed by atoms with E-state index >= 15 is 0 Å². The highest BCUT2D eigenvalue weighted by atomic mass is 19.1. The molecule has 5 heteroatoms. The number of rotatable bonds is 6. The van der Waals surface area contributed by atoms with Crippen molar-refractivity contribution in [3.8, 4) is 0 Å². The van der Waals surface area contributed by atoms with Crippen LogP contribution in [0.2, 0.25) is 0 Å². The Morgan fingerprint density at radius 2 is 1.86 bits per heavy atom. The second-order valence-corrected chi connectivity index (χ2v) is 4.71. The quantitative estimate of drug-likeness (QED) is 0.854. The maximum atomic E-state index is 12.9. The predicted octanol–water partition coefficient (Wildman–Crippen LogP) is 2.00. The number of pyridine rings is 1. The first-order chi connectivity index (χ1) is 10.2. The maximum absolute atomic E-state index is 12.9. The molecule has 1 aromatic carbocycles.